The van der Waals surface area contributed by atoms with E-state index in [9.17, 15) is 9.59 Å². The van der Waals surface area contributed by atoms with Crippen molar-refractivity contribution in [2.24, 2.45) is 0 Å². The zero-order chi connectivity index (χ0) is 22.1. The normalized spacial score (nSPS) is 10.5. The quantitative estimate of drug-likeness (QED) is 0.522. The van der Waals surface area contributed by atoms with Crippen LogP contribution in [0.4, 0.5) is 5.69 Å². The van der Waals surface area contributed by atoms with Crippen molar-refractivity contribution in [1.82, 2.24) is 14.7 Å². The molecule has 0 radical (unpaired) electrons. The van der Waals surface area contributed by atoms with Gasteiger partial charge in [0.15, 0.2) is 0 Å². The first-order chi connectivity index (χ1) is 15.0. The molecule has 0 saturated heterocycles. The largest absolute Gasteiger partial charge is 0.493 e. The fourth-order valence-electron chi connectivity index (χ4n) is 2.85. The summed E-state index contributed by atoms with van der Waals surface area (Å²) >= 11 is 5.89. The lowest BCUT2D eigenvalue weighted by Crippen LogP contribution is -2.32. The van der Waals surface area contributed by atoms with Crippen molar-refractivity contribution in [3.05, 3.63) is 77.6 Å². The van der Waals surface area contributed by atoms with Crippen molar-refractivity contribution >= 4 is 29.1 Å². The van der Waals surface area contributed by atoms with E-state index in [-0.39, 0.29) is 31.4 Å². The van der Waals surface area contributed by atoms with Gasteiger partial charge in [-0.3, -0.25) is 14.3 Å². The summed E-state index contributed by atoms with van der Waals surface area (Å²) in [5.74, 6) is 0.481. The van der Waals surface area contributed by atoms with E-state index in [1.165, 1.54) is 10.9 Å². The molecule has 7 nitrogen and oxygen atoms in total. The van der Waals surface area contributed by atoms with E-state index in [1.54, 1.807) is 18.1 Å². The van der Waals surface area contributed by atoms with Gasteiger partial charge in [-0.15, -0.1) is 0 Å². The maximum absolute atomic E-state index is 12.4. The molecule has 8 heteroatoms. The third kappa shape index (κ3) is 7.46. The molecule has 31 heavy (non-hydrogen) atoms. The second-order valence-electron chi connectivity index (χ2n) is 7.08. The number of amides is 2. The molecule has 162 valence electrons. The van der Waals surface area contributed by atoms with Crippen LogP contribution >= 0.6 is 11.6 Å². The van der Waals surface area contributed by atoms with Crippen molar-refractivity contribution in [2.75, 3.05) is 25.5 Å². The number of carbonyl (C=O) groups excluding carboxylic acids is 2. The Hall–Kier alpha value is -3.32. The second-order valence-corrected chi connectivity index (χ2v) is 7.51. The molecule has 0 unspecified atom stereocenters. The van der Waals surface area contributed by atoms with Crippen LogP contribution in [0.1, 0.15) is 12.0 Å². The van der Waals surface area contributed by atoms with Crippen molar-refractivity contribution in [1.29, 1.82) is 0 Å². The number of hydrogen-bond acceptors (Lipinski definition) is 4. The molecule has 3 aromatic rings. The molecule has 0 saturated carbocycles. The molecule has 0 spiro atoms. The number of benzene rings is 2. The van der Waals surface area contributed by atoms with E-state index >= 15 is 0 Å². The van der Waals surface area contributed by atoms with E-state index in [4.69, 9.17) is 16.3 Å². The lowest BCUT2D eigenvalue weighted by Gasteiger charge is -2.17. The molecule has 1 aromatic heterocycles. The average Bonchev–Trinajstić information content (AvgIpc) is 3.20. The molecule has 2 aromatic carbocycles. The molecular weight excluding hydrogens is 416 g/mol. The minimum absolute atomic E-state index is 0.0637. The Morgan fingerprint density at radius 1 is 1.13 bits per heavy atom. The van der Waals surface area contributed by atoms with E-state index in [0.717, 1.165) is 17.7 Å². The van der Waals surface area contributed by atoms with Gasteiger partial charge in [0.05, 0.1) is 24.9 Å². The Labute approximate surface area is 186 Å². The van der Waals surface area contributed by atoms with Crippen LogP contribution in [0.5, 0.6) is 5.75 Å². The zero-order valence-electron chi connectivity index (χ0n) is 17.3. The lowest BCUT2D eigenvalue weighted by molar-refractivity contribution is -0.130. The minimum atomic E-state index is -0.179. The number of carbonyl (C=O) groups is 2. The van der Waals surface area contributed by atoms with Gasteiger partial charge < -0.3 is 15.0 Å². The highest BCUT2D eigenvalue weighted by Crippen LogP contribution is 2.11. The smallest absolute Gasteiger partial charge is 0.244 e. The molecule has 1 N–H and O–H groups in total. The van der Waals surface area contributed by atoms with Gasteiger partial charge in [0, 0.05) is 24.8 Å². The number of ether oxygens (including phenoxy) is 1. The fourth-order valence-corrected chi connectivity index (χ4v) is 2.97. The molecule has 0 atom stereocenters. The van der Waals surface area contributed by atoms with Gasteiger partial charge in [-0.2, -0.15) is 5.10 Å². The SMILES string of the molecule is CN(CCc1ccc(Cl)cc1)C(=O)Cn1cc(NC(=O)CCOc2ccccc2)cn1. The van der Waals surface area contributed by atoms with Gasteiger partial charge in [-0.05, 0) is 36.2 Å². The van der Waals surface area contributed by atoms with Crippen molar-refractivity contribution in [2.45, 2.75) is 19.4 Å². The van der Waals surface area contributed by atoms with Gasteiger partial charge >= 0.3 is 0 Å². The van der Waals surface area contributed by atoms with Gasteiger partial charge in [-0.25, -0.2) is 0 Å². The van der Waals surface area contributed by atoms with Crippen LogP contribution in [0.15, 0.2) is 67.0 Å². The van der Waals surface area contributed by atoms with Gasteiger partial charge in [0.2, 0.25) is 11.8 Å². The second kappa shape index (κ2) is 11.2. The molecule has 3 rings (SSSR count). The number of anilines is 1. The summed E-state index contributed by atoms with van der Waals surface area (Å²) in [7, 11) is 1.76. The first-order valence-electron chi connectivity index (χ1n) is 9.98. The fraction of sp³-hybridized carbons (Fsp3) is 0.261. The Balaban J connectivity index is 1.39. The summed E-state index contributed by atoms with van der Waals surface area (Å²) in [6.07, 6.45) is 4.12. The predicted molar refractivity (Wildman–Crippen MR) is 120 cm³/mol. The maximum atomic E-state index is 12.4. The summed E-state index contributed by atoms with van der Waals surface area (Å²) in [6, 6.07) is 16.9. The highest BCUT2D eigenvalue weighted by molar-refractivity contribution is 6.30. The highest BCUT2D eigenvalue weighted by atomic mass is 35.5. The first kappa shape index (κ1) is 22.4. The van der Waals surface area contributed by atoms with E-state index < -0.39 is 0 Å². The molecule has 2 amide bonds. The number of hydrogen-bond donors (Lipinski definition) is 1. The number of aromatic nitrogens is 2. The third-order valence-electron chi connectivity index (χ3n) is 4.63. The number of likely N-dealkylation sites (N-methyl/N-ethyl adjacent to an activating group) is 1. The van der Waals surface area contributed by atoms with Gasteiger partial charge in [-0.1, -0.05) is 41.9 Å². The summed E-state index contributed by atoms with van der Waals surface area (Å²) in [4.78, 5) is 26.2. The first-order valence-corrected chi connectivity index (χ1v) is 10.4. The standard InChI is InChI=1S/C23H25ClN4O3/c1-27(13-11-18-7-9-19(24)10-8-18)23(30)17-28-16-20(15-25-28)26-22(29)12-14-31-21-5-3-2-4-6-21/h2-10,15-16H,11-14,17H2,1H3,(H,26,29). The topological polar surface area (TPSA) is 76.5 Å². The maximum Gasteiger partial charge on any atom is 0.244 e. The van der Waals surface area contributed by atoms with Crippen LogP contribution in [-0.4, -0.2) is 46.7 Å². The van der Waals surface area contributed by atoms with E-state index in [1.807, 2.05) is 54.6 Å². The van der Waals surface area contributed by atoms with Crippen LogP contribution < -0.4 is 10.1 Å². The number of nitrogens with one attached hydrogen (secondary N) is 1. The Morgan fingerprint density at radius 2 is 1.87 bits per heavy atom. The molecule has 0 aliphatic carbocycles. The van der Waals surface area contributed by atoms with Gasteiger partial charge in [0.25, 0.3) is 0 Å². The summed E-state index contributed by atoms with van der Waals surface area (Å²) < 4.78 is 7.03. The molecular formula is C23H25ClN4O3. The van der Waals surface area contributed by atoms with Crippen molar-refractivity contribution in [3.63, 3.8) is 0 Å². The van der Waals surface area contributed by atoms with Crippen molar-refractivity contribution < 1.29 is 14.3 Å². The van der Waals surface area contributed by atoms with Crippen LogP contribution in [-0.2, 0) is 22.6 Å². The number of nitrogens with zero attached hydrogens (tertiary/aromatic N) is 3. The summed E-state index contributed by atoms with van der Waals surface area (Å²) in [6.45, 7) is 0.970. The number of rotatable bonds is 10. The average molecular weight is 441 g/mol. The molecule has 0 fully saturated rings. The van der Waals surface area contributed by atoms with Crippen molar-refractivity contribution in [3.8, 4) is 5.75 Å². The Kier molecular flexibility index (Phi) is 8.06. The van der Waals surface area contributed by atoms with E-state index in [0.29, 0.717) is 17.3 Å². The third-order valence-corrected chi connectivity index (χ3v) is 4.88. The van der Waals surface area contributed by atoms with Crippen LogP contribution in [0.25, 0.3) is 0 Å². The van der Waals surface area contributed by atoms with Crippen LogP contribution in [0, 0.1) is 0 Å². The minimum Gasteiger partial charge on any atom is -0.493 e. The number of para-hydroxylation sites is 1. The molecule has 1 heterocycles. The Bertz CT molecular complexity index is 990. The van der Waals surface area contributed by atoms with Gasteiger partial charge in [0.1, 0.15) is 12.3 Å². The van der Waals surface area contributed by atoms with Crippen LogP contribution in [0.2, 0.25) is 5.02 Å². The zero-order valence-corrected chi connectivity index (χ0v) is 18.1. The summed E-state index contributed by atoms with van der Waals surface area (Å²) in [5.41, 5.74) is 1.66. The predicted octanol–water partition coefficient (Wildman–Crippen LogP) is 3.65. The molecule has 0 bridgehead atoms. The monoisotopic (exact) mass is 440 g/mol. The number of halogens is 1. The Morgan fingerprint density at radius 3 is 2.61 bits per heavy atom. The molecule has 0 aliphatic rings. The molecule has 0 aliphatic heterocycles. The lowest BCUT2D eigenvalue weighted by atomic mass is 10.1. The van der Waals surface area contributed by atoms with Crippen LogP contribution in [0.3, 0.4) is 0 Å². The summed E-state index contributed by atoms with van der Waals surface area (Å²) in [5, 5.41) is 7.61. The van der Waals surface area contributed by atoms with E-state index in [2.05, 4.69) is 10.4 Å². The highest BCUT2D eigenvalue weighted by Gasteiger charge is 2.12.